The first-order valence-electron chi connectivity index (χ1n) is 5.05. The predicted octanol–water partition coefficient (Wildman–Crippen LogP) is 4.45. The maximum Gasteiger partial charge on any atom is 0.194 e. The van der Waals surface area contributed by atoms with E-state index in [-0.39, 0.29) is 0 Å². The number of nitrogens with zero attached hydrogens (tertiary/aromatic N) is 1. The molecule has 4 heteroatoms. The average Bonchev–Trinajstić information content (AvgIpc) is 2.73. The first-order chi connectivity index (χ1) is 7.74. The maximum atomic E-state index is 5.85. The van der Waals surface area contributed by atoms with Crippen LogP contribution in [-0.2, 0) is 11.8 Å². The van der Waals surface area contributed by atoms with Gasteiger partial charge in [0.25, 0.3) is 0 Å². The van der Waals surface area contributed by atoms with Crippen LogP contribution in [0.4, 0.5) is 0 Å². The Morgan fingerprint density at radius 3 is 2.56 bits per heavy atom. The van der Waals surface area contributed by atoms with E-state index >= 15 is 0 Å². The molecule has 0 N–H and O–H groups in total. The number of rotatable bonds is 3. The molecule has 0 aliphatic heterocycles. The Bertz CT molecular complexity index is 478. The van der Waals surface area contributed by atoms with Crippen LogP contribution in [0.15, 0.2) is 28.7 Å². The number of oxazole rings is 1. The van der Waals surface area contributed by atoms with Crippen LogP contribution in [-0.4, -0.2) is 4.98 Å². The summed E-state index contributed by atoms with van der Waals surface area (Å²) in [5.41, 5.74) is 1.92. The first-order valence-corrected chi connectivity index (χ1v) is 6.55. The van der Waals surface area contributed by atoms with Gasteiger partial charge in [-0.15, -0.1) is 0 Å². The van der Waals surface area contributed by atoms with E-state index in [1.54, 1.807) is 0 Å². The van der Waals surface area contributed by atoms with Crippen LogP contribution in [0.1, 0.15) is 18.6 Å². The number of hydrogen-bond acceptors (Lipinski definition) is 2. The van der Waals surface area contributed by atoms with Crippen LogP contribution in [0.5, 0.6) is 0 Å². The van der Waals surface area contributed by atoms with Crippen LogP contribution in [0.2, 0.25) is 5.02 Å². The van der Waals surface area contributed by atoms with Crippen molar-refractivity contribution in [1.82, 2.24) is 4.98 Å². The van der Waals surface area contributed by atoms with E-state index in [2.05, 4.69) is 20.9 Å². The molecule has 0 fully saturated rings. The van der Waals surface area contributed by atoms with Crippen molar-refractivity contribution >= 4 is 27.5 Å². The molecule has 1 aromatic heterocycles. The summed E-state index contributed by atoms with van der Waals surface area (Å²) in [6.45, 7) is 2.02. The summed E-state index contributed by atoms with van der Waals surface area (Å²) in [5, 5.41) is 1.39. The van der Waals surface area contributed by atoms with Gasteiger partial charge in [-0.2, -0.15) is 0 Å². The van der Waals surface area contributed by atoms with Crippen molar-refractivity contribution in [2.45, 2.75) is 18.7 Å². The third-order valence-electron chi connectivity index (χ3n) is 2.28. The minimum atomic E-state index is 0.665. The molecular weight excluding hydrogens is 289 g/mol. The maximum absolute atomic E-state index is 5.85. The quantitative estimate of drug-likeness (QED) is 0.783. The second-order valence-electron chi connectivity index (χ2n) is 3.37. The van der Waals surface area contributed by atoms with Gasteiger partial charge in [-0.05, 0) is 12.1 Å². The van der Waals surface area contributed by atoms with Crippen molar-refractivity contribution in [2.24, 2.45) is 0 Å². The molecule has 16 heavy (non-hydrogen) atoms. The fourth-order valence-electron chi connectivity index (χ4n) is 1.48. The molecule has 0 unspecified atom stereocenters. The Kier molecular flexibility index (Phi) is 3.66. The first kappa shape index (κ1) is 11.7. The fourth-order valence-corrected chi connectivity index (χ4v) is 1.98. The van der Waals surface area contributed by atoms with E-state index in [9.17, 15) is 0 Å². The molecule has 0 aliphatic rings. The molecule has 84 valence electrons. The number of halogens is 2. The zero-order valence-corrected chi connectivity index (χ0v) is 11.2. The molecular formula is C12H11BrClNO. The second-order valence-corrected chi connectivity index (χ2v) is 4.37. The van der Waals surface area contributed by atoms with Crippen LogP contribution >= 0.6 is 27.5 Å². The summed E-state index contributed by atoms with van der Waals surface area (Å²) in [5.74, 6) is 1.62. The molecule has 1 heterocycles. The number of aryl methyl sites for hydroxylation is 1. The highest BCUT2D eigenvalue weighted by atomic mass is 79.9. The molecule has 1 aromatic carbocycles. The van der Waals surface area contributed by atoms with Crippen LogP contribution in [0.25, 0.3) is 11.3 Å². The van der Waals surface area contributed by atoms with Crippen LogP contribution in [0, 0.1) is 0 Å². The number of alkyl halides is 1. The topological polar surface area (TPSA) is 26.0 Å². The SMILES string of the molecule is CCc1nc(-c2ccc(Cl)cc2)c(CBr)o1. The smallest absolute Gasteiger partial charge is 0.194 e. The Labute approximate surface area is 108 Å². The number of hydrogen-bond donors (Lipinski definition) is 0. The van der Waals surface area contributed by atoms with E-state index in [4.69, 9.17) is 16.0 Å². The molecule has 0 amide bonds. The summed E-state index contributed by atoms with van der Waals surface area (Å²) in [6, 6.07) is 7.61. The van der Waals surface area contributed by atoms with Gasteiger partial charge in [-0.1, -0.05) is 46.6 Å². The van der Waals surface area contributed by atoms with Crippen molar-refractivity contribution in [1.29, 1.82) is 0 Å². The lowest BCUT2D eigenvalue weighted by atomic mass is 10.1. The van der Waals surface area contributed by atoms with Crippen LogP contribution in [0.3, 0.4) is 0 Å². The average molecular weight is 301 g/mol. The number of aromatic nitrogens is 1. The normalized spacial score (nSPS) is 10.7. The van der Waals surface area contributed by atoms with Gasteiger partial charge in [0.15, 0.2) is 5.89 Å². The van der Waals surface area contributed by atoms with E-state index in [0.29, 0.717) is 5.33 Å². The molecule has 0 bridgehead atoms. The molecule has 0 saturated carbocycles. The second kappa shape index (κ2) is 5.02. The molecule has 0 radical (unpaired) electrons. The Hall–Kier alpha value is -0.800. The van der Waals surface area contributed by atoms with Gasteiger partial charge >= 0.3 is 0 Å². The molecule has 0 atom stereocenters. The largest absolute Gasteiger partial charge is 0.444 e. The molecule has 0 saturated heterocycles. The van der Waals surface area contributed by atoms with E-state index in [1.165, 1.54) is 0 Å². The minimum absolute atomic E-state index is 0.665. The Morgan fingerprint density at radius 2 is 2.00 bits per heavy atom. The zero-order chi connectivity index (χ0) is 11.5. The summed E-state index contributed by atoms with van der Waals surface area (Å²) in [7, 11) is 0. The standard InChI is InChI=1S/C12H11BrClNO/c1-2-11-15-12(10(7-13)16-11)8-3-5-9(14)6-4-8/h3-6H,2,7H2,1H3. The van der Waals surface area contributed by atoms with Crippen molar-refractivity contribution < 1.29 is 4.42 Å². The van der Waals surface area contributed by atoms with Gasteiger partial charge in [-0.25, -0.2) is 4.98 Å². The monoisotopic (exact) mass is 299 g/mol. The Balaban J connectivity index is 2.45. The van der Waals surface area contributed by atoms with Crippen molar-refractivity contribution in [3.8, 4) is 11.3 Å². The number of benzene rings is 1. The summed E-state index contributed by atoms with van der Waals surface area (Å²) < 4.78 is 5.61. The van der Waals surface area contributed by atoms with Gasteiger partial charge in [0.1, 0.15) is 11.5 Å². The molecule has 0 spiro atoms. The Morgan fingerprint density at radius 1 is 1.31 bits per heavy atom. The fraction of sp³-hybridized carbons (Fsp3) is 0.250. The minimum Gasteiger partial charge on any atom is -0.444 e. The van der Waals surface area contributed by atoms with Gasteiger partial charge in [0.2, 0.25) is 0 Å². The van der Waals surface area contributed by atoms with E-state index in [0.717, 1.165) is 34.4 Å². The van der Waals surface area contributed by atoms with Gasteiger partial charge in [-0.3, -0.25) is 0 Å². The van der Waals surface area contributed by atoms with Gasteiger partial charge < -0.3 is 4.42 Å². The van der Waals surface area contributed by atoms with E-state index in [1.807, 2.05) is 31.2 Å². The molecule has 0 aliphatic carbocycles. The zero-order valence-electron chi connectivity index (χ0n) is 8.84. The highest BCUT2D eigenvalue weighted by Crippen LogP contribution is 2.27. The third-order valence-corrected chi connectivity index (χ3v) is 3.04. The predicted molar refractivity (Wildman–Crippen MR) is 69.0 cm³/mol. The van der Waals surface area contributed by atoms with Crippen molar-refractivity contribution in [3.63, 3.8) is 0 Å². The van der Waals surface area contributed by atoms with Crippen molar-refractivity contribution in [2.75, 3.05) is 0 Å². The van der Waals surface area contributed by atoms with Crippen molar-refractivity contribution in [3.05, 3.63) is 40.9 Å². The summed E-state index contributed by atoms with van der Waals surface area (Å²) in [4.78, 5) is 4.46. The molecule has 2 aromatic rings. The summed E-state index contributed by atoms with van der Waals surface area (Å²) in [6.07, 6.45) is 0.799. The van der Waals surface area contributed by atoms with Gasteiger partial charge in [0.05, 0.1) is 5.33 Å². The van der Waals surface area contributed by atoms with Crippen LogP contribution < -0.4 is 0 Å². The summed E-state index contributed by atoms with van der Waals surface area (Å²) >= 11 is 9.25. The molecule has 2 nitrogen and oxygen atoms in total. The lowest BCUT2D eigenvalue weighted by Crippen LogP contribution is -1.83. The highest BCUT2D eigenvalue weighted by molar-refractivity contribution is 9.08. The lowest BCUT2D eigenvalue weighted by molar-refractivity contribution is 0.475. The molecule has 2 rings (SSSR count). The third kappa shape index (κ3) is 2.30. The highest BCUT2D eigenvalue weighted by Gasteiger charge is 2.12. The lowest BCUT2D eigenvalue weighted by Gasteiger charge is -1.98. The van der Waals surface area contributed by atoms with E-state index < -0.39 is 0 Å². The van der Waals surface area contributed by atoms with Gasteiger partial charge in [0, 0.05) is 17.0 Å².